The van der Waals surface area contributed by atoms with Crippen molar-refractivity contribution in [3.63, 3.8) is 0 Å². The summed E-state index contributed by atoms with van der Waals surface area (Å²) < 4.78 is 13.2. The van der Waals surface area contributed by atoms with Crippen molar-refractivity contribution in [2.45, 2.75) is 32.7 Å². The minimum absolute atomic E-state index is 0.0711. The minimum Gasteiger partial charge on any atom is -0.315 e. The van der Waals surface area contributed by atoms with Crippen molar-refractivity contribution in [2.24, 2.45) is 5.92 Å². The highest BCUT2D eigenvalue weighted by Gasteiger charge is 2.25. The van der Waals surface area contributed by atoms with E-state index in [9.17, 15) is 14.4 Å². The number of thiophene rings is 1. The molecule has 1 N–H and O–H groups in total. The number of rotatable bonds is 5. The molecule has 1 aliphatic carbocycles. The predicted octanol–water partition coefficient (Wildman–Crippen LogP) is 4.29. The van der Waals surface area contributed by atoms with Crippen LogP contribution in [0, 0.1) is 23.1 Å². The second kappa shape index (κ2) is 9.66. The van der Waals surface area contributed by atoms with Crippen LogP contribution in [0.5, 0.6) is 0 Å². The molecule has 1 atom stereocenters. The first kappa shape index (κ1) is 22.2. The zero-order valence-corrected chi connectivity index (χ0v) is 19.2. The Morgan fingerprint density at radius 3 is 2.77 bits per heavy atom. The zero-order chi connectivity index (χ0) is 22.0. The summed E-state index contributed by atoms with van der Waals surface area (Å²) in [7, 11) is 0. The van der Waals surface area contributed by atoms with Crippen LogP contribution < -0.4 is 5.32 Å². The van der Waals surface area contributed by atoms with Gasteiger partial charge in [-0.2, -0.15) is 5.26 Å². The third-order valence-electron chi connectivity index (χ3n) is 6.12. The molecule has 1 aliphatic heterocycles. The molecule has 5 nitrogen and oxygen atoms in total. The van der Waals surface area contributed by atoms with Crippen LogP contribution in [0.15, 0.2) is 18.2 Å². The highest BCUT2D eigenvalue weighted by molar-refractivity contribution is 7.16. The Hall–Kier alpha value is -1.98. The average molecular weight is 461 g/mol. The molecule has 2 aromatic rings. The molecule has 0 radical (unpaired) electrons. The summed E-state index contributed by atoms with van der Waals surface area (Å²) in [5.74, 6) is 0.228. The Morgan fingerprint density at radius 1 is 1.32 bits per heavy atom. The van der Waals surface area contributed by atoms with E-state index >= 15 is 0 Å². The van der Waals surface area contributed by atoms with Gasteiger partial charge in [-0.3, -0.25) is 14.6 Å². The minimum atomic E-state index is -0.328. The van der Waals surface area contributed by atoms with Gasteiger partial charge in [-0.1, -0.05) is 24.6 Å². The summed E-state index contributed by atoms with van der Waals surface area (Å²) in [5.41, 5.74) is 2.70. The largest absolute Gasteiger partial charge is 0.315 e. The summed E-state index contributed by atoms with van der Waals surface area (Å²) in [5, 5.41) is 13.8. The number of carbonyl (C=O) groups excluding carboxylic acids is 1. The maximum absolute atomic E-state index is 13.2. The molecular weight excluding hydrogens is 435 g/mol. The molecule has 1 fully saturated rings. The molecular formula is C23H26ClFN4OS. The van der Waals surface area contributed by atoms with Gasteiger partial charge in [0.15, 0.2) is 0 Å². The maximum Gasteiger partial charge on any atom is 0.239 e. The number of amides is 1. The van der Waals surface area contributed by atoms with E-state index in [2.05, 4.69) is 28.1 Å². The maximum atomic E-state index is 13.2. The monoisotopic (exact) mass is 460 g/mol. The number of benzene rings is 1. The van der Waals surface area contributed by atoms with Crippen LogP contribution in [-0.4, -0.2) is 48.4 Å². The van der Waals surface area contributed by atoms with Gasteiger partial charge in [-0.05, 0) is 48.4 Å². The molecule has 1 saturated heterocycles. The van der Waals surface area contributed by atoms with Crippen molar-refractivity contribution in [1.29, 1.82) is 5.26 Å². The van der Waals surface area contributed by atoms with E-state index in [-0.39, 0.29) is 11.7 Å². The van der Waals surface area contributed by atoms with Crippen LogP contribution in [0.2, 0.25) is 5.02 Å². The third kappa shape index (κ3) is 5.27. The molecule has 0 bridgehead atoms. The number of halogens is 2. The molecule has 8 heteroatoms. The Kier molecular flexibility index (Phi) is 6.92. The fourth-order valence-corrected chi connectivity index (χ4v) is 5.93. The van der Waals surface area contributed by atoms with Crippen LogP contribution in [0.1, 0.15) is 34.9 Å². The van der Waals surface area contributed by atoms with Crippen molar-refractivity contribution in [1.82, 2.24) is 9.80 Å². The topological polar surface area (TPSA) is 59.4 Å². The van der Waals surface area contributed by atoms with Gasteiger partial charge in [0.2, 0.25) is 5.91 Å². The molecule has 2 aliphatic rings. The van der Waals surface area contributed by atoms with Crippen LogP contribution in [0.25, 0.3) is 0 Å². The van der Waals surface area contributed by atoms with Crippen LogP contribution in [0.3, 0.4) is 0 Å². The fraction of sp³-hybridized carbons (Fsp3) is 0.478. The molecule has 0 spiro atoms. The summed E-state index contributed by atoms with van der Waals surface area (Å²) in [6, 6.07) is 6.81. The predicted molar refractivity (Wildman–Crippen MR) is 122 cm³/mol. The van der Waals surface area contributed by atoms with Crippen LogP contribution in [-0.2, 0) is 24.2 Å². The van der Waals surface area contributed by atoms with Gasteiger partial charge in [0, 0.05) is 42.6 Å². The third-order valence-corrected chi connectivity index (χ3v) is 7.64. The Bertz CT molecular complexity index is 1010. The van der Waals surface area contributed by atoms with E-state index < -0.39 is 0 Å². The summed E-state index contributed by atoms with van der Waals surface area (Å²) >= 11 is 7.71. The molecule has 2 heterocycles. The van der Waals surface area contributed by atoms with E-state index in [1.807, 2.05) is 0 Å². The number of piperazine rings is 1. The quantitative estimate of drug-likeness (QED) is 0.723. The van der Waals surface area contributed by atoms with Crippen molar-refractivity contribution in [2.75, 3.05) is 38.0 Å². The molecule has 4 rings (SSSR count). The van der Waals surface area contributed by atoms with E-state index in [4.69, 9.17) is 11.6 Å². The van der Waals surface area contributed by atoms with E-state index in [1.54, 1.807) is 17.4 Å². The Labute approximate surface area is 191 Å². The first-order valence-electron chi connectivity index (χ1n) is 10.7. The van der Waals surface area contributed by atoms with Gasteiger partial charge in [-0.15, -0.1) is 11.3 Å². The number of fused-ring (bicyclic) bond motifs is 1. The van der Waals surface area contributed by atoms with Gasteiger partial charge >= 0.3 is 0 Å². The summed E-state index contributed by atoms with van der Waals surface area (Å²) in [4.78, 5) is 18.3. The lowest BCUT2D eigenvalue weighted by Crippen LogP contribution is -2.48. The number of nitrogens with one attached hydrogen (secondary N) is 1. The molecule has 164 valence electrons. The number of nitriles is 1. The Balaban J connectivity index is 1.29. The first-order chi connectivity index (χ1) is 14.9. The molecule has 1 unspecified atom stereocenters. The molecule has 1 amide bonds. The van der Waals surface area contributed by atoms with E-state index in [0.29, 0.717) is 34.6 Å². The second-order valence-corrected chi connectivity index (χ2v) is 10.0. The smallest absolute Gasteiger partial charge is 0.239 e. The van der Waals surface area contributed by atoms with Crippen molar-refractivity contribution < 1.29 is 9.18 Å². The lowest BCUT2D eigenvalue weighted by Gasteiger charge is -2.34. The number of carbonyl (C=O) groups is 1. The molecule has 0 saturated carbocycles. The standard InChI is InChI=1S/C23H26ClFN4OS/c1-15-2-5-18-19(12-26)23(31-21(18)10-15)27-22(30)14-29-8-6-28(7-9-29)13-16-3-4-17(25)11-20(16)24/h3-4,11,15H,2,5-10,13-14H2,1H3,(H,27,30). The van der Waals surface area contributed by atoms with Gasteiger partial charge < -0.3 is 5.32 Å². The fourth-order valence-electron chi connectivity index (χ4n) is 4.32. The number of hydrogen-bond acceptors (Lipinski definition) is 5. The van der Waals surface area contributed by atoms with Crippen LogP contribution in [0.4, 0.5) is 9.39 Å². The lowest BCUT2D eigenvalue weighted by molar-refractivity contribution is -0.117. The first-order valence-corrected chi connectivity index (χ1v) is 11.9. The van der Waals surface area contributed by atoms with Gasteiger partial charge in [0.25, 0.3) is 0 Å². The molecule has 1 aromatic carbocycles. The van der Waals surface area contributed by atoms with Crippen molar-refractivity contribution in [3.8, 4) is 6.07 Å². The van der Waals surface area contributed by atoms with Gasteiger partial charge in [0.05, 0.1) is 12.1 Å². The number of nitrogens with zero attached hydrogens (tertiary/aromatic N) is 3. The number of anilines is 1. The Morgan fingerprint density at radius 2 is 2.06 bits per heavy atom. The second-order valence-electron chi connectivity index (χ2n) is 8.50. The van der Waals surface area contributed by atoms with Gasteiger partial charge in [-0.25, -0.2) is 4.39 Å². The molecule has 1 aromatic heterocycles. The highest BCUT2D eigenvalue weighted by Crippen LogP contribution is 2.39. The average Bonchev–Trinajstić information content (AvgIpc) is 3.07. The van der Waals surface area contributed by atoms with Crippen molar-refractivity contribution in [3.05, 3.63) is 50.6 Å². The lowest BCUT2D eigenvalue weighted by atomic mass is 9.89. The summed E-state index contributed by atoms with van der Waals surface area (Å²) in [6.45, 7) is 6.40. The zero-order valence-electron chi connectivity index (χ0n) is 17.6. The van der Waals surface area contributed by atoms with Crippen molar-refractivity contribution >= 4 is 33.8 Å². The van der Waals surface area contributed by atoms with E-state index in [0.717, 1.165) is 56.6 Å². The molecule has 31 heavy (non-hydrogen) atoms. The number of hydrogen-bond donors (Lipinski definition) is 1. The SMILES string of the molecule is CC1CCc2c(sc(NC(=O)CN3CCN(Cc4ccc(F)cc4Cl)CC3)c2C#N)C1. The summed E-state index contributed by atoms with van der Waals surface area (Å²) in [6.07, 6.45) is 3.01. The van der Waals surface area contributed by atoms with Crippen LogP contribution >= 0.6 is 22.9 Å². The normalized spacial score (nSPS) is 19.6. The van der Waals surface area contributed by atoms with Gasteiger partial charge in [0.1, 0.15) is 16.9 Å². The van der Waals surface area contributed by atoms with E-state index in [1.165, 1.54) is 17.0 Å². The highest BCUT2D eigenvalue weighted by atomic mass is 35.5.